The van der Waals surface area contributed by atoms with E-state index < -0.39 is 11.9 Å². The number of hydrogen-bond donors (Lipinski definition) is 4. The van der Waals surface area contributed by atoms with E-state index in [2.05, 4.69) is 30.6 Å². The molecule has 0 saturated carbocycles. The van der Waals surface area contributed by atoms with E-state index in [0.29, 0.717) is 88.4 Å². The number of aliphatic carboxylic acids is 2. The second kappa shape index (κ2) is 32.4. The zero-order valence-corrected chi connectivity index (χ0v) is 45.3. The molecule has 72 heavy (non-hydrogen) atoms. The van der Waals surface area contributed by atoms with Gasteiger partial charge in [0.1, 0.15) is 15.1 Å². The van der Waals surface area contributed by atoms with Crippen molar-refractivity contribution in [1.29, 1.82) is 0 Å². The van der Waals surface area contributed by atoms with E-state index in [-0.39, 0.29) is 72.5 Å². The van der Waals surface area contributed by atoms with Crippen molar-refractivity contribution < 1.29 is 24.9 Å². The Bertz CT molecular complexity index is 2770. The summed E-state index contributed by atoms with van der Waals surface area (Å²) in [6.07, 6.45) is 0.226. The monoisotopic (exact) mass is 1200 g/mol. The van der Waals surface area contributed by atoms with Crippen LogP contribution < -0.4 is 5.56 Å². The number of carbonyl (C=O) groups is 2. The Hall–Kier alpha value is -3.03. The van der Waals surface area contributed by atoms with Crippen LogP contribution in [0.5, 0.6) is 0 Å². The van der Waals surface area contributed by atoms with Crippen molar-refractivity contribution in [3.8, 4) is 0 Å². The number of carboxylic acid groups (broad SMARTS) is 2. The Morgan fingerprint density at radius 3 is 1.11 bits per heavy atom. The third-order valence-electron chi connectivity index (χ3n) is 9.09. The molecule has 0 aliphatic rings. The van der Waals surface area contributed by atoms with Gasteiger partial charge in [-0.2, -0.15) is 5.10 Å². The Morgan fingerprint density at radius 1 is 0.500 bits per heavy atom. The first-order chi connectivity index (χ1) is 32.0. The summed E-state index contributed by atoms with van der Waals surface area (Å²) in [5.41, 5.74) is 4.18. The molecule has 0 aliphatic heterocycles. The van der Waals surface area contributed by atoms with E-state index in [0.717, 1.165) is 21.6 Å². The van der Waals surface area contributed by atoms with E-state index >= 15 is 0 Å². The first kappa shape index (κ1) is 69.0. The fraction of sp³-hybridized carbons (Fsp3) is 0.347. The lowest BCUT2D eigenvalue weighted by Crippen LogP contribution is -2.15. The number of aromatic amines is 1. The van der Waals surface area contributed by atoms with Crippen LogP contribution in [0.2, 0.25) is 40.4 Å². The highest BCUT2D eigenvalue weighted by atomic mass is 35.5. The minimum Gasteiger partial charge on any atom is -0.481 e. The molecule has 394 valence electrons. The van der Waals surface area contributed by atoms with Gasteiger partial charge in [-0.15, -0.1) is 20.4 Å². The van der Waals surface area contributed by atoms with E-state index in [1.807, 2.05) is 53.7 Å². The van der Waals surface area contributed by atoms with Gasteiger partial charge in [-0.05, 0) is 107 Å². The van der Waals surface area contributed by atoms with E-state index in [1.165, 1.54) is 35.3 Å². The molecule has 0 radical (unpaired) electrons. The molecule has 3 heterocycles. The second-order valence-corrected chi connectivity index (χ2v) is 21.6. The SMILES string of the molecule is C.C.C.C.CC(C)c1cc(Sc2c(Cl)cc(CC(=O)O)cc2Cl)n[nH]c1=O.CC(C)c1cc(Sc2c(Cl)cc(CC(=O)O)cc2Cl)nnc1Cl.CC(C)c1cc(Sc2c(Cl)cc(CCO)cc2Cl)nnc1Cl. The fourth-order valence-corrected chi connectivity index (χ4v) is 11.1. The highest BCUT2D eigenvalue weighted by molar-refractivity contribution is 8.00. The minimum atomic E-state index is -0.957. The lowest BCUT2D eigenvalue weighted by atomic mass is 10.1. The van der Waals surface area contributed by atoms with Crippen molar-refractivity contribution in [2.75, 3.05) is 6.61 Å². The number of nitrogens with one attached hydrogen (secondary N) is 1. The van der Waals surface area contributed by atoms with Crippen LogP contribution in [-0.2, 0) is 28.9 Å². The summed E-state index contributed by atoms with van der Waals surface area (Å²) in [6.45, 7) is 12.0. The highest BCUT2D eigenvalue weighted by Gasteiger charge is 2.18. The number of aliphatic hydroxyl groups excluding tert-OH is 1. The molecule has 0 saturated heterocycles. The van der Waals surface area contributed by atoms with E-state index in [9.17, 15) is 14.4 Å². The third kappa shape index (κ3) is 20.6. The molecule has 0 fully saturated rings. The van der Waals surface area contributed by atoms with Gasteiger partial charge < -0.3 is 15.3 Å². The predicted octanol–water partition coefficient (Wildman–Crippen LogP) is 17.1. The number of benzene rings is 3. The van der Waals surface area contributed by atoms with Crippen molar-refractivity contribution in [2.24, 2.45) is 0 Å². The van der Waals surface area contributed by atoms with E-state index in [4.69, 9.17) is 108 Å². The van der Waals surface area contributed by atoms with Crippen molar-refractivity contribution in [3.05, 3.63) is 139 Å². The first-order valence-electron chi connectivity index (χ1n) is 20.1. The van der Waals surface area contributed by atoms with Gasteiger partial charge in [-0.25, -0.2) is 5.10 Å². The molecule has 3 aromatic carbocycles. The zero-order valence-electron chi connectivity index (χ0n) is 36.8. The van der Waals surface area contributed by atoms with Gasteiger partial charge in [0.25, 0.3) is 5.56 Å². The number of halogens is 8. The largest absolute Gasteiger partial charge is 0.481 e. The summed E-state index contributed by atoms with van der Waals surface area (Å²) < 4.78 is 0. The Kier molecular flexibility index (Phi) is 31.1. The summed E-state index contributed by atoms with van der Waals surface area (Å²) in [6, 6.07) is 15.4. The number of nitrogens with zero attached hydrogens (tertiary/aromatic N) is 5. The minimum absolute atomic E-state index is 0. The molecule has 0 aliphatic carbocycles. The van der Waals surface area contributed by atoms with Crippen LogP contribution in [0.4, 0.5) is 0 Å². The predicted molar refractivity (Wildman–Crippen MR) is 303 cm³/mol. The number of aliphatic hydroxyl groups is 1. The molecular weight excluding hydrogens is 1150 g/mol. The smallest absolute Gasteiger partial charge is 0.307 e. The number of carboxylic acids is 2. The normalized spacial score (nSPS) is 10.5. The summed E-state index contributed by atoms with van der Waals surface area (Å²) in [5, 5.41) is 54.3. The van der Waals surface area contributed by atoms with Crippen LogP contribution in [0.1, 0.15) is 122 Å². The number of hydrogen-bond acceptors (Lipinski definition) is 12. The van der Waals surface area contributed by atoms with Crippen molar-refractivity contribution in [2.45, 2.75) is 138 Å². The summed E-state index contributed by atoms with van der Waals surface area (Å²) in [4.78, 5) is 35.1. The topological polar surface area (TPSA) is 192 Å². The fourth-order valence-electron chi connectivity index (χ4n) is 5.81. The summed E-state index contributed by atoms with van der Waals surface area (Å²) in [7, 11) is 0. The maximum atomic E-state index is 11.7. The molecule has 0 bridgehead atoms. The van der Waals surface area contributed by atoms with Crippen molar-refractivity contribution >= 4 is 140 Å². The molecule has 23 heteroatoms. The summed E-state index contributed by atoms with van der Waals surface area (Å²) >= 11 is 53.4. The van der Waals surface area contributed by atoms with Crippen LogP contribution in [0.25, 0.3) is 0 Å². The van der Waals surface area contributed by atoms with E-state index in [1.54, 1.807) is 42.5 Å². The van der Waals surface area contributed by atoms with Gasteiger partial charge in [0, 0.05) is 12.2 Å². The van der Waals surface area contributed by atoms with Crippen molar-refractivity contribution in [3.63, 3.8) is 0 Å². The van der Waals surface area contributed by atoms with Crippen LogP contribution in [0.3, 0.4) is 0 Å². The standard InChI is InChI=1S/C15H13Cl3N2O2S.C15H15Cl3N2OS.C15H14Cl2N2O3S.4CH4/c1-7(2)9-6-12(19-20-15(9)18)23-14-10(16)3-8(4-11(14)17)5-13(21)22;1-8(2)10-7-13(19-20-15(10)18)22-14-11(16)5-9(3-4-21)6-12(14)17;1-7(2)9-6-12(18-19-15(9)22)23-14-10(16)3-8(4-11(14)17)5-13(20)21;;;;/h3-4,6-7H,5H2,1-2H3,(H,21,22);5-8,21H,3-4H2,1-2H3;3-4,6-7H,5H2,1-2H3,(H,19,22)(H,20,21);4*1H4. The zero-order chi connectivity index (χ0) is 50.6. The Balaban J connectivity index is 0.00000102. The Morgan fingerprint density at radius 2 is 0.806 bits per heavy atom. The molecule has 6 aromatic rings. The van der Waals surface area contributed by atoms with Gasteiger partial charge in [0.2, 0.25) is 0 Å². The summed E-state index contributed by atoms with van der Waals surface area (Å²) in [5.74, 6) is -1.38. The van der Waals surface area contributed by atoms with Gasteiger partial charge in [-0.3, -0.25) is 14.4 Å². The molecule has 0 spiro atoms. The quantitative estimate of drug-likeness (QED) is 0.0759. The molecule has 6 rings (SSSR count). The Labute approximate surface area is 475 Å². The molecule has 12 nitrogen and oxygen atoms in total. The van der Waals surface area contributed by atoms with Gasteiger partial charge in [0.05, 0.1) is 57.7 Å². The molecular formula is C49H58Cl8N6O6S3. The average molecular weight is 1210 g/mol. The number of H-pyrrole nitrogens is 1. The molecule has 0 atom stereocenters. The molecule has 0 amide bonds. The third-order valence-corrected chi connectivity index (χ3v) is 15.3. The first-order valence-corrected chi connectivity index (χ1v) is 25.6. The van der Waals surface area contributed by atoms with Crippen LogP contribution in [0, 0.1) is 0 Å². The second-order valence-electron chi connectivity index (χ2n) is 15.4. The van der Waals surface area contributed by atoms with Gasteiger partial charge >= 0.3 is 11.9 Å². The molecule has 4 N–H and O–H groups in total. The van der Waals surface area contributed by atoms with Crippen LogP contribution >= 0.6 is 128 Å². The average Bonchev–Trinajstić information content (AvgIpc) is 3.23. The lowest BCUT2D eigenvalue weighted by molar-refractivity contribution is -0.137. The number of aromatic nitrogens is 6. The number of rotatable bonds is 15. The van der Waals surface area contributed by atoms with Crippen LogP contribution in [0.15, 0.2) is 89.2 Å². The van der Waals surface area contributed by atoms with Crippen molar-refractivity contribution in [1.82, 2.24) is 30.6 Å². The van der Waals surface area contributed by atoms with Crippen LogP contribution in [-0.4, -0.2) is 64.5 Å². The maximum Gasteiger partial charge on any atom is 0.307 e. The maximum absolute atomic E-state index is 11.7. The van der Waals surface area contributed by atoms with Gasteiger partial charge in [0.15, 0.2) is 10.3 Å². The highest BCUT2D eigenvalue weighted by Crippen LogP contribution is 2.42. The molecule has 3 aromatic heterocycles. The van der Waals surface area contributed by atoms with Gasteiger partial charge in [-0.1, -0.05) is 199 Å². The lowest BCUT2D eigenvalue weighted by Gasteiger charge is -2.11. The molecule has 0 unspecified atom stereocenters.